The van der Waals surface area contributed by atoms with Gasteiger partial charge in [0.25, 0.3) is 5.91 Å². The molecule has 2 aliphatic rings. The Bertz CT molecular complexity index is 1350. The van der Waals surface area contributed by atoms with Crippen LogP contribution in [0.5, 0.6) is 11.5 Å². The molecule has 11 heteroatoms. The van der Waals surface area contributed by atoms with Crippen LogP contribution in [-0.2, 0) is 21.3 Å². The van der Waals surface area contributed by atoms with Crippen LogP contribution in [0.3, 0.4) is 0 Å². The number of carbonyl (C=O) groups is 1. The number of fused-ring (bicyclic) bond motifs is 1. The molecule has 0 spiro atoms. The van der Waals surface area contributed by atoms with E-state index in [1.807, 2.05) is 0 Å². The Morgan fingerprint density at radius 2 is 2.00 bits per heavy atom. The lowest BCUT2D eigenvalue weighted by molar-refractivity contribution is -0.114. The zero-order valence-electron chi connectivity index (χ0n) is 17.4. The Kier molecular flexibility index (Phi) is 6.16. The number of hydrazone groups is 1. The normalized spacial score (nSPS) is 16.6. The number of nitrogens with zero attached hydrogens (tertiary/aromatic N) is 3. The van der Waals surface area contributed by atoms with Crippen molar-refractivity contribution in [3.05, 3.63) is 71.8 Å². The van der Waals surface area contributed by atoms with E-state index in [2.05, 4.69) is 16.7 Å². The molecule has 0 fully saturated rings. The lowest BCUT2D eigenvalue weighted by Gasteiger charge is -2.20. The van der Waals surface area contributed by atoms with E-state index in [-0.39, 0.29) is 34.2 Å². The maximum Gasteiger partial charge on any atom is 0.339 e. The summed E-state index contributed by atoms with van der Waals surface area (Å²) in [6, 6.07) is 10.9. The maximum absolute atomic E-state index is 12.8. The van der Waals surface area contributed by atoms with E-state index < -0.39 is 16.0 Å². The third-order valence-electron chi connectivity index (χ3n) is 4.67. The second-order valence-electron chi connectivity index (χ2n) is 6.81. The van der Waals surface area contributed by atoms with Crippen LogP contribution in [0.1, 0.15) is 11.1 Å². The van der Waals surface area contributed by atoms with Gasteiger partial charge in [-0.05, 0) is 54.1 Å². The number of allylic oxidation sites excluding steroid dienone is 1. The van der Waals surface area contributed by atoms with Gasteiger partial charge in [0.2, 0.25) is 0 Å². The minimum absolute atomic E-state index is 0.00162. The SMILES string of the molecule is C=CCc1cc(/C=C2\C(=N)N3N=CSC3=NC2=O)cc(OC)c1OS(=O)(=O)c1ccccc1. The Hall–Kier alpha value is -3.70. The molecule has 2 aromatic carbocycles. The van der Waals surface area contributed by atoms with Crippen LogP contribution >= 0.6 is 11.8 Å². The van der Waals surface area contributed by atoms with Gasteiger partial charge in [-0.25, -0.2) is 0 Å². The Labute approximate surface area is 194 Å². The highest BCUT2D eigenvalue weighted by atomic mass is 32.2. The first-order valence-corrected chi connectivity index (χ1v) is 11.9. The number of carbonyl (C=O) groups excluding carboxylic acids is 1. The smallest absolute Gasteiger partial charge is 0.339 e. The average molecular weight is 483 g/mol. The predicted octanol–water partition coefficient (Wildman–Crippen LogP) is 3.44. The number of nitrogens with one attached hydrogen (secondary N) is 1. The molecular formula is C22H18N4O5S2. The first-order chi connectivity index (χ1) is 15.8. The summed E-state index contributed by atoms with van der Waals surface area (Å²) in [6.45, 7) is 3.72. The van der Waals surface area contributed by atoms with Crippen molar-refractivity contribution < 1.29 is 22.1 Å². The van der Waals surface area contributed by atoms with E-state index >= 15 is 0 Å². The van der Waals surface area contributed by atoms with Gasteiger partial charge in [-0.1, -0.05) is 24.3 Å². The summed E-state index contributed by atoms with van der Waals surface area (Å²) in [5.74, 6) is -0.508. The van der Waals surface area contributed by atoms with E-state index in [0.29, 0.717) is 16.3 Å². The van der Waals surface area contributed by atoms with Gasteiger partial charge in [-0.3, -0.25) is 10.2 Å². The van der Waals surface area contributed by atoms with Crippen LogP contribution in [0, 0.1) is 5.41 Å². The molecule has 0 saturated carbocycles. The number of hydrogen-bond donors (Lipinski definition) is 1. The molecule has 0 radical (unpaired) electrons. The number of amides is 1. The van der Waals surface area contributed by atoms with Crippen molar-refractivity contribution in [3.8, 4) is 11.5 Å². The molecule has 1 N–H and O–H groups in total. The van der Waals surface area contributed by atoms with Crippen LogP contribution in [0.15, 0.2) is 75.7 Å². The molecule has 168 valence electrons. The van der Waals surface area contributed by atoms with E-state index in [0.717, 1.165) is 11.8 Å². The summed E-state index contributed by atoms with van der Waals surface area (Å²) in [5.41, 5.74) is 2.50. The number of hydrogen-bond acceptors (Lipinski definition) is 8. The zero-order valence-corrected chi connectivity index (χ0v) is 19.0. The van der Waals surface area contributed by atoms with Crippen LogP contribution in [0.2, 0.25) is 0 Å². The van der Waals surface area contributed by atoms with Crippen LogP contribution in [-0.4, -0.2) is 43.0 Å². The zero-order chi connectivity index (χ0) is 23.6. The van der Waals surface area contributed by atoms with E-state index in [1.165, 1.54) is 41.9 Å². The Balaban J connectivity index is 1.77. The first-order valence-electron chi connectivity index (χ1n) is 9.58. The van der Waals surface area contributed by atoms with Crippen molar-refractivity contribution in [2.75, 3.05) is 7.11 Å². The molecule has 0 aromatic heterocycles. The molecule has 4 rings (SSSR count). The third-order valence-corrected chi connectivity index (χ3v) is 6.58. The van der Waals surface area contributed by atoms with Crippen LogP contribution in [0.4, 0.5) is 0 Å². The van der Waals surface area contributed by atoms with Gasteiger partial charge in [0, 0.05) is 5.56 Å². The standard InChI is InChI=1S/C22H18N4O5S2/c1-3-7-15-10-14(11-17-20(23)26-22(25-21(17)27)32-13-24-26)12-18(30-2)19(15)31-33(28,29)16-8-5-4-6-9-16/h3-6,8-13,23H,1,7H2,2H3/b17-11+,23-20?. The van der Waals surface area contributed by atoms with Gasteiger partial charge in [0.1, 0.15) is 4.90 Å². The third kappa shape index (κ3) is 4.45. The molecule has 2 aromatic rings. The maximum atomic E-state index is 12.8. The number of rotatable bonds is 7. The largest absolute Gasteiger partial charge is 0.493 e. The van der Waals surface area contributed by atoms with Crippen molar-refractivity contribution in [1.29, 1.82) is 5.41 Å². The highest BCUT2D eigenvalue weighted by molar-refractivity contribution is 8.25. The summed E-state index contributed by atoms with van der Waals surface area (Å²) in [6.07, 6.45) is 3.34. The molecule has 9 nitrogen and oxygen atoms in total. The number of ether oxygens (including phenoxy) is 1. The quantitative estimate of drug-likeness (QED) is 0.364. The fourth-order valence-electron chi connectivity index (χ4n) is 3.17. The van der Waals surface area contributed by atoms with Gasteiger partial charge in [0.15, 0.2) is 22.5 Å². The van der Waals surface area contributed by atoms with Crippen LogP contribution in [0.25, 0.3) is 6.08 Å². The second-order valence-corrected chi connectivity index (χ2v) is 9.17. The molecule has 0 aliphatic carbocycles. The number of amidine groups is 2. The van der Waals surface area contributed by atoms with Gasteiger partial charge in [-0.15, -0.1) is 6.58 Å². The van der Waals surface area contributed by atoms with Crippen molar-refractivity contribution in [2.45, 2.75) is 11.3 Å². The summed E-state index contributed by atoms with van der Waals surface area (Å²) >= 11 is 1.15. The molecule has 0 saturated heterocycles. The lowest BCUT2D eigenvalue weighted by atomic mass is 10.0. The molecule has 2 heterocycles. The average Bonchev–Trinajstić information content (AvgIpc) is 3.27. The highest BCUT2D eigenvalue weighted by Gasteiger charge is 2.32. The van der Waals surface area contributed by atoms with Crippen molar-refractivity contribution in [3.63, 3.8) is 0 Å². The molecule has 2 aliphatic heterocycles. The number of thioether (sulfide) groups is 1. The highest BCUT2D eigenvalue weighted by Crippen LogP contribution is 2.37. The van der Waals surface area contributed by atoms with Gasteiger partial charge >= 0.3 is 10.1 Å². The van der Waals surface area contributed by atoms with Crippen molar-refractivity contribution in [2.24, 2.45) is 10.1 Å². The topological polar surface area (TPSA) is 121 Å². The fourth-order valence-corrected chi connectivity index (χ4v) is 4.77. The lowest BCUT2D eigenvalue weighted by Crippen LogP contribution is -2.35. The summed E-state index contributed by atoms with van der Waals surface area (Å²) in [4.78, 5) is 16.4. The molecule has 0 bridgehead atoms. The number of methoxy groups -OCH3 is 1. The molecule has 0 unspecified atom stereocenters. The summed E-state index contributed by atoms with van der Waals surface area (Å²) in [7, 11) is -2.73. The minimum atomic E-state index is -4.11. The predicted molar refractivity (Wildman–Crippen MR) is 127 cm³/mol. The van der Waals surface area contributed by atoms with E-state index in [4.69, 9.17) is 14.3 Å². The van der Waals surface area contributed by atoms with Crippen molar-refractivity contribution >= 4 is 50.4 Å². The minimum Gasteiger partial charge on any atom is -0.493 e. The Morgan fingerprint density at radius 1 is 1.24 bits per heavy atom. The molecule has 0 atom stereocenters. The number of benzene rings is 2. The van der Waals surface area contributed by atoms with Crippen LogP contribution < -0.4 is 8.92 Å². The summed E-state index contributed by atoms with van der Waals surface area (Å²) < 4.78 is 36.5. The van der Waals surface area contributed by atoms with E-state index in [1.54, 1.807) is 30.3 Å². The fraction of sp³-hybridized carbons (Fsp3) is 0.0909. The molecule has 33 heavy (non-hydrogen) atoms. The van der Waals surface area contributed by atoms with Crippen molar-refractivity contribution in [1.82, 2.24) is 5.01 Å². The van der Waals surface area contributed by atoms with Gasteiger partial charge < -0.3 is 8.92 Å². The van der Waals surface area contributed by atoms with Gasteiger partial charge in [0.05, 0.1) is 18.2 Å². The Morgan fingerprint density at radius 3 is 2.70 bits per heavy atom. The summed E-state index contributed by atoms with van der Waals surface area (Å²) in [5, 5.41) is 13.9. The molecular weight excluding hydrogens is 464 g/mol. The monoisotopic (exact) mass is 482 g/mol. The van der Waals surface area contributed by atoms with E-state index in [9.17, 15) is 13.2 Å². The second kappa shape index (κ2) is 9.04. The molecule has 1 amide bonds. The van der Waals surface area contributed by atoms with Gasteiger partial charge in [-0.2, -0.15) is 23.5 Å². The number of aliphatic imine (C=N–C) groups is 1. The first kappa shape index (κ1) is 22.5.